The van der Waals surface area contributed by atoms with Crippen molar-refractivity contribution in [3.63, 3.8) is 0 Å². The predicted molar refractivity (Wildman–Crippen MR) is 78.9 cm³/mol. The minimum atomic E-state index is -0.363. The van der Waals surface area contributed by atoms with Crippen LogP contribution >= 0.6 is 11.6 Å². The number of carbonyl (C=O) groups excluding carboxylic acids is 1. The number of ether oxygens (including phenoxy) is 1. The molecule has 2 fully saturated rings. The Hall–Kier alpha value is -1.06. The number of amides is 1. The molecule has 20 heavy (non-hydrogen) atoms. The first kappa shape index (κ1) is 13.9. The summed E-state index contributed by atoms with van der Waals surface area (Å²) in [5.74, 6) is 0.114. The highest BCUT2D eigenvalue weighted by molar-refractivity contribution is 6.30. The van der Waals surface area contributed by atoms with Crippen LogP contribution in [0.25, 0.3) is 0 Å². The van der Waals surface area contributed by atoms with E-state index in [1.54, 1.807) is 0 Å². The molecule has 0 radical (unpaired) electrons. The molecule has 1 saturated heterocycles. The van der Waals surface area contributed by atoms with E-state index in [0.29, 0.717) is 5.02 Å². The van der Waals surface area contributed by atoms with Gasteiger partial charge < -0.3 is 10.1 Å². The van der Waals surface area contributed by atoms with Crippen LogP contribution < -0.4 is 5.32 Å². The Morgan fingerprint density at radius 1 is 1.50 bits per heavy atom. The van der Waals surface area contributed by atoms with Gasteiger partial charge in [-0.1, -0.05) is 23.7 Å². The Labute approximate surface area is 124 Å². The molecule has 1 amide bonds. The molecule has 0 aromatic heterocycles. The third-order valence-electron chi connectivity index (χ3n) is 4.44. The van der Waals surface area contributed by atoms with Gasteiger partial charge in [0.15, 0.2) is 0 Å². The van der Waals surface area contributed by atoms with Gasteiger partial charge >= 0.3 is 0 Å². The van der Waals surface area contributed by atoms with Crippen LogP contribution in [0.2, 0.25) is 5.02 Å². The van der Waals surface area contributed by atoms with Crippen LogP contribution in [0.1, 0.15) is 38.2 Å². The zero-order chi connectivity index (χ0) is 14.2. The molecule has 0 bridgehead atoms. The maximum atomic E-state index is 12.6. The molecule has 2 atom stereocenters. The van der Waals surface area contributed by atoms with Gasteiger partial charge in [-0.25, -0.2) is 0 Å². The van der Waals surface area contributed by atoms with Crippen LogP contribution in [0, 0.1) is 0 Å². The van der Waals surface area contributed by atoms with Crippen molar-refractivity contribution in [3.8, 4) is 0 Å². The normalized spacial score (nSPS) is 25.2. The monoisotopic (exact) mass is 293 g/mol. The standard InChI is InChI=1S/C16H20ClNO2/c1-11(14-6-3-9-20-14)18-15(19)16(7-8-16)12-4-2-5-13(17)10-12/h2,4-5,10-11,14H,3,6-9H2,1H3,(H,18,19). The molecule has 3 nitrogen and oxygen atoms in total. The van der Waals surface area contributed by atoms with E-state index >= 15 is 0 Å². The highest BCUT2D eigenvalue weighted by Gasteiger charge is 2.51. The average molecular weight is 294 g/mol. The van der Waals surface area contributed by atoms with E-state index in [-0.39, 0.29) is 23.5 Å². The van der Waals surface area contributed by atoms with Gasteiger partial charge in [-0.05, 0) is 50.3 Å². The third kappa shape index (κ3) is 2.57. The summed E-state index contributed by atoms with van der Waals surface area (Å²) in [5.41, 5.74) is 0.666. The van der Waals surface area contributed by atoms with Crippen molar-refractivity contribution in [1.82, 2.24) is 5.32 Å². The van der Waals surface area contributed by atoms with E-state index in [4.69, 9.17) is 16.3 Å². The minimum absolute atomic E-state index is 0.0710. The zero-order valence-corrected chi connectivity index (χ0v) is 12.5. The van der Waals surface area contributed by atoms with E-state index in [2.05, 4.69) is 5.32 Å². The molecule has 2 unspecified atom stereocenters. The molecule has 4 heteroatoms. The van der Waals surface area contributed by atoms with Gasteiger partial charge in [-0.3, -0.25) is 4.79 Å². The lowest BCUT2D eigenvalue weighted by Gasteiger charge is -2.23. The van der Waals surface area contributed by atoms with Gasteiger partial charge in [0, 0.05) is 11.6 Å². The summed E-state index contributed by atoms with van der Waals surface area (Å²) in [4.78, 5) is 12.6. The first-order valence-electron chi connectivity index (χ1n) is 7.30. The maximum absolute atomic E-state index is 12.6. The van der Waals surface area contributed by atoms with E-state index in [0.717, 1.165) is 37.9 Å². The second-order valence-corrected chi connectivity index (χ2v) is 6.34. The smallest absolute Gasteiger partial charge is 0.230 e. The molecule has 1 aromatic rings. The Bertz CT molecular complexity index is 507. The molecule has 1 N–H and O–H groups in total. The molecule has 1 aliphatic carbocycles. The lowest BCUT2D eigenvalue weighted by Crippen LogP contribution is -2.45. The molecule has 1 aromatic carbocycles. The van der Waals surface area contributed by atoms with Crippen molar-refractivity contribution in [2.45, 2.75) is 50.2 Å². The Morgan fingerprint density at radius 2 is 2.30 bits per heavy atom. The van der Waals surface area contributed by atoms with Crippen LogP contribution in [-0.2, 0) is 14.9 Å². The fourth-order valence-corrected chi connectivity index (χ4v) is 3.18. The fourth-order valence-electron chi connectivity index (χ4n) is 2.99. The van der Waals surface area contributed by atoms with Gasteiger partial charge in [0.2, 0.25) is 5.91 Å². The minimum Gasteiger partial charge on any atom is -0.376 e. The summed E-state index contributed by atoms with van der Waals surface area (Å²) >= 11 is 6.04. The second-order valence-electron chi connectivity index (χ2n) is 5.91. The molecule has 1 heterocycles. The van der Waals surface area contributed by atoms with Crippen LogP contribution in [0.3, 0.4) is 0 Å². The summed E-state index contributed by atoms with van der Waals surface area (Å²) in [7, 11) is 0. The highest BCUT2D eigenvalue weighted by atomic mass is 35.5. The highest BCUT2D eigenvalue weighted by Crippen LogP contribution is 2.49. The predicted octanol–water partition coefficient (Wildman–Crippen LogP) is 3.06. The number of hydrogen-bond donors (Lipinski definition) is 1. The summed E-state index contributed by atoms with van der Waals surface area (Å²) in [6.45, 7) is 2.84. The van der Waals surface area contributed by atoms with Crippen molar-refractivity contribution < 1.29 is 9.53 Å². The van der Waals surface area contributed by atoms with Gasteiger partial charge in [0.05, 0.1) is 17.6 Å². The fraction of sp³-hybridized carbons (Fsp3) is 0.562. The quantitative estimate of drug-likeness (QED) is 0.926. The van der Waals surface area contributed by atoms with E-state index < -0.39 is 0 Å². The van der Waals surface area contributed by atoms with Crippen LogP contribution in [0.4, 0.5) is 0 Å². The third-order valence-corrected chi connectivity index (χ3v) is 4.68. The van der Waals surface area contributed by atoms with Crippen molar-refractivity contribution in [3.05, 3.63) is 34.9 Å². The van der Waals surface area contributed by atoms with Gasteiger partial charge in [-0.2, -0.15) is 0 Å². The van der Waals surface area contributed by atoms with Crippen molar-refractivity contribution in [2.75, 3.05) is 6.61 Å². The van der Waals surface area contributed by atoms with Crippen LogP contribution in [0.5, 0.6) is 0 Å². The summed E-state index contributed by atoms with van der Waals surface area (Å²) < 4.78 is 5.64. The molecule has 0 spiro atoms. The molecule has 1 aliphatic heterocycles. The van der Waals surface area contributed by atoms with Crippen molar-refractivity contribution in [2.24, 2.45) is 0 Å². The van der Waals surface area contributed by atoms with Crippen LogP contribution in [0.15, 0.2) is 24.3 Å². The lowest BCUT2D eigenvalue weighted by atomic mass is 9.94. The summed E-state index contributed by atoms with van der Waals surface area (Å²) in [6, 6.07) is 7.73. The van der Waals surface area contributed by atoms with E-state index in [1.807, 2.05) is 31.2 Å². The number of benzene rings is 1. The first-order valence-corrected chi connectivity index (χ1v) is 7.68. The Balaban J connectivity index is 1.70. The maximum Gasteiger partial charge on any atom is 0.230 e. The Kier molecular flexibility index (Phi) is 3.74. The van der Waals surface area contributed by atoms with Crippen LogP contribution in [-0.4, -0.2) is 24.7 Å². The molecule has 2 aliphatic rings. The molecular formula is C16H20ClNO2. The zero-order valence-electron chi connectivity index (χ0n) is 11.7. The van der Waals surface area contributed by atoms with E-state index in [9.17, 15) is 4.79 Å². The number of rotatable bonds is 4. The number of carbonyl (C=O) groups is 1. The largest absolute Gasteiger partial charge is 0.376 e. The molecule has 108 valence electrons. The van der Waals surface area contributed by atoms with Gasteiger partial charge in [0.25, 0.3) is 0 Å². The molecular weight excluding hydrogens is 274 g/mol. The lowest BCUT2D eigenvalue weighted by molar-refractivity contribution is -0.125. The van der Waals surface area contributed by atoms with Crippen molar-refractivity contribution >= 4 is 17.5 Å². The SMILES string of the molecule is CC(NC(=O)C1(c2cccc(Cl)c2)CC1)C1CCCO1. The number of hydrogen-bond acceptors (Lipinski definition) is 2. The van der Waals surface area contributed by atoms with Gasteiger partial charge in [0.1, 0.15) is 0 Å². The topological polar surface area (TPSA) is 38.3 Å². The molecule has 3 rings (SSSR count). The average Bonchev–Trinajstić information content (AvgIpc) is 3.06. The Morgan fingerprint density at radius 3 is 2.90 bits per heavy atom. The molecule has 1 saturated carbocycles. The summed E-state index contributed by atoms with van der Waals surface area (Å²) in [5, 5.41) is 3.82. The first-order chi connectivity index (χ1) is 9.62. The second kappa shape index (κ2) is 5.38. The number of nitrogens with one attached hydrogen (secondary N) is 1. The summed E-state index contributed by atoms with van der Waals surface area (Å²) in [6.07, 6.45) is 4.08. The van der Waals surface area contributed by atoms with E-state index in [1.165, 1.54) is 0 Å². The van der Waals surface area contributed by atoms with Gasteiger partial charge in [-0.15, -0.1) is 0 Å². The van der Waals surface area contributed by atoms with Crippen molar-refractivity contribution in [1.29, 1.82) is 0 Å². The number of halogens is 1.